The highest BCUT2D eigenvalue weighted by Crippen LogP contribution is 2.24. The zero-order valence-corrected chi connectivity index (χ0v) is 9.10. The molecule has 7 heteroatoms. The molecule has 0 amide bonds. The first-order chi connectivity index (χ1) is 8.04. The smallest absolute Gasteiger partial charge is 0.307 e. The summed E-state index contributed by atoms with van der Waals surface area (Å²) in [6, 6.07) is 3.18. The summed E-state index contributed by atoms with van der Waals surface area (Å²) in [6.45, 7) is 0.180. The minimum atomic E-state index is -0.691. The fourth-order valence-electron chi connectivity index (χ4n) is 1.21. The van der Waals surface area contributed by atoms with E-state index in [1.165, 1.54) is 13.2 Å². The molecule has 6 nitrogen and oxygen atoms in total. The fraction of sp³-hybridized carbons (Fsp3) is 0.300. The van der Waals surface area contributed by atoms with E-state index in [4.69, 9.17) is 0 Å². The molecular weight excluding hydrogens is 231 g/mol. The molecule has 0 aliphatic carbocycles. The number of nitro benzene ring substituents is 1. The Labute approximate surface area is 96.5 Å². The van der Waals surface area contributed by atoms with Crippen molar-refractivity contribution < 1.29 is 18.8 Å². The number of halogens is 1. The number of carbonyl (C=O) groups is 1. The summed E-state index contributed by atoms with van der Waals surface area (Å²) < 4.78 is 17.2. The first-order valence-corrected chi connectivity index (χ1v) is 4.79. The number of hydrogen-bond acceptors (Lipinski definition) is 5. The van der Waals surface area contributed by atoms with Crippen LogP contribution in [0, 0.1) is 15.9 Å². The van der Waals surface area contributed by atoms with E-state index in [1.807, 2.05) is 0 Å². The highest BCUT2D eigenvalue weighted by Gasteiger charge is 2.14. The third kappa shape index (κ3) is 3.71. The van der Waals surface area contributed by atoms with Crippen molar-refractivity contribution in [1.82, 2.24) is 0 Å². The number of methoxy groups -OCH3 is 1. The molecule has 1 N–H and O–H groups in total. The lowest BCUT2D eigenvalue weighted by Crippen LogP contribution is -2.10. The van der Waals surface area contributed by atoms with Gasteiger partial charge in [-0.3, -0.25) is 14.9 Å². The van der Waals surface area contributed by atoms with Gasteiger partial charge in [0.2, 0.25) is 0 Å². The molecule has 0 heterocycles. The third-order valence-corrected chi connectivity index (χ3v) is 2.03. The van der Waals surface area contributed by atoms with Gasteiger partial charge in [-0.25, -0.2) is 4.39 Å². The van der Waals surface area contributed by atoms with Gasteiger partial charge in [0.05, 0.1) is 24.5 Å². The average Bonchev–Trinajstić information content (AvgIpc) is 2.30. The number of nitro groups is 1. The lowest BCUT2D eigenvalue weighted by molar-refractivity contribution is -0.384. The van der Waals surface area contributed by atoms with Crippen molar-refractivity contribution in [2.75, 3.05) is 19.0 Å². The molecule has 0 radical (unpaired) electrons. The molecule has 0 spiro atoms. The van der Waals surface area contributed by atoms with E-state index >= 15 is 0 Å². The normalized spacial score (nSPS) is 9.76. The summed E-state index contributed by atoms with van der Waals surface area (Å²) in [4.78, 5) is 20.8. The van der Waals surface area contributed by atoms with E-state index in [0.717, 1.165) is 12.1 Å². The Hall–Kier alpha value is -2.18. The van der Waals surface area contributed by atoms with Crippen molar-refractivity contribution >= 4 is 17.3 Å². The van der Waals surface area contributed by atoms with E-state index < -0.39 is 16.7 Å². The van der Waals surface area contributed by atoms with Crippen LogP contribution in [0.1, 0.15) is 6.42 Å². The second kappa shape index (κ2) is 5.78. The summed E-state index contributed by atoms with van der Waals surface area (Å²) in [5.41, 5.74) is -0.199. The molecule has 0 fully saturated rings. The number of anilines is 1. The SMILES string of the molecule is COC(=O)CCNc1ccc(F)cc1[N+](=O)[O-]. The lowest BCUT2D eigenvalue weighted by atomic mass is 10.2. The van der Waals surface area contributed by atoms with Gasteiger partial charge in [0, 0.05) is 6.54 Å². The fourth-order valence-corrected chi connectivity index (χ4v) is 1.21. The first-order valence-electron chi connectivity index (χ1n) is 4.79. The standard InChI is InChI=1S/C10H11FN2O4/c1-17-10(14)4-5-12-8-3-2-7(11)6-9(8)13(15)16/h2-3,6,12H,4-5H2,1H3. The third-order valence-electron chi connectivity index (χ3n) is 2.03. The van der Waals surface area contributed by atoms with E-state index in [1.54, 1.807) is 0 Å². The molecule has 0 bridgehead atoms. The van der Waals surface area contributed by atoms with Gasteiger partial charge in [-0.15, -0.1) is 0 Å². The van der Waals surface area contributed by atoms with E-state index in [2.05, 4.69) is 10.1 Å². The molecule has 0 unspecified atom stereocenters. The number of carbonyl (C=O) groups excluding carboxylic acids is 1. The van der Waals surface area contributed by atoms with Crippen LogP contribution in [0.25, 0.3) is 0 Å². The van der Waals surface area contributed by atoms with Crippen molar-refractivity contribution in [3.8, 4) is 0 Å². The molecule has 0 saturated carbocycles. The number of esters is 1. The van der Waals surface area contributed by atoms with Crippen LogP contribution >= 0.6 is 0 Å². The Morgan fingerprint density at radius 2 is 2.29 bits per heavy atom. The summed E-state index contributed by atoms with van der Waals surface area (Å²) in [5, 5.41) is 13.3. The summed E-state index contributed by atoms with van der Waals surface area (Å²) >= 11 is 0. The number of ether oxygens (including phenoxy) is 1. The maximum Gasteiger partial charge on any atom is 0.307 e. The Morgan fingerprint density at radius 1 is 1.59 bits per heavy atom. The monoisotopic (exact) mass is 242 g/mol. The molecule has 1 aromatic rings. The molecule has 0 aromatic heterocycles. The first kappa shape index (κ1) is 12.9. The lowest BCUT2D eigenvalue weighted by Gasteiger charge is -2.06. The molecule has 0 atom stereocenters. The van der Waals surface area contributed by atoms with Gasteiger partial charge in [-0.05, 0) is 12.1 Å². The second-order valence-electron chi connectivity index (χ2n) is 3.17. The predicted molar refractivity (Wildman–Crippen MR) is 58.2 cm³/mol. The van der Waals surface area contributed by atoms with E-state index in [-0.39, 0.29) is 24.3 Å². The number of nitrogens with zero attached hydrogens (tertiary/aromatic N) is 1. The largest absolute Gasteiger partial charge is 0.469 e. The molecule has 17 heavy (non-hydrogen) atoms. The minimum Gasteiger partial charge on any atom is -0.469 e. The Kier molecular flexibility index (Phi) is 4.38. The summed E-state index contributed by atoms with van der Waals surface area (Å²) in [7, 11) is 1.25. The quantitative estimate of drug-likeness (QED) is 0.483. The number of rotatable bonds is 5. The van der Waals surface area contributed by atoms with E-state index in [9.17, 15) is 19.3 Å². The zero-order chi connectivity index (χ0) is 12.8. The molecular formula is C10H11FN2O4. The van der Waals surface area contributed by atoms with Crippen LogP contribution in [0.15, 0.2) is 18.2 Å². The number of nitrogens with one attached hydrogen (secondary N) is 1. The van der Waals surface area contributed by atoms with Gasteiger partial charge in [0.25, 0.3) is 5.69 Å². The van der Waals surface area contributed by atoms with Crippen LogP contribution in [0.3, 0.4) is 0 Å². The van der Waals surface area contributed by atoms with Crippen LogP contribution in [0.4, 0.5) is 15.8 Å². The van der Waals surface area contributed by atoms with Gasteiger partial charge in [-0.1, -0.05) is 0 Å². The van der Waals surface area contributed by atoms with Gasteiger partial charge in [0.1, 0.15) is 11.5 Å². The highest BCUT2D eigenvalue weighted by molar-refractivity contribution is 5.70. The maximum absolute atomic E-state index is 12.8. The topological polar surface area (TPSA) is 81.5 Å². The van der Waals surface area contributed by atoms with Gasteiger partial charge >= 0.3 is 5.97 Å². The van der Waals surface area contributed by atoms with Crippen LogP contribution < -0.4 is 5.32 Å². The maximum atomic E-state index is 12.8. The molecule has 0 aliphatic rings. The van der Waals surface area contributed by atoms with Crippen molar-refractivity contribution in [2.24, 2.45) is 0 Å². The van der Waals surface area contributed by atoms with Gasteiger partial charge in [0.15, 0.2) is 0 Å². The molecule has 0 saturated heterocycles. The van der Waals surface area contributed by atoms with Crippen molar-refractivity contribution in [1.29, 1.82) is 0 Å². The number of benzene rings is 1. The summed E-state index contributed by atoms with van der Waals surface area (Å²) in [6.07, 6.45) is 0.0744. The van der Waals surface area contributed by atoms with Crippen molar-refractivity contribution in [2.45, 2.75) is 6.42 Å². The van der Waals surface area contributed by atoms with Crippen LogP contribution in [0.2, 0.25) is 0 Å². The molecule has 1 rings (SSSR count). The van der Waals surface area contributed by atoms with Crippen molar-refractivity contribution in [3.05, 3.63) is 34.1 Å². The zero-order valence-electron chi connectivity index (χ0n) is 9.10. The Morgan fingerprint density at radius 3 is 2.88 bits per heavy atom. The average molecular weight is 242 g/mol. The van der Waals surface area contributed by atoms with Crippen LogP contribution in [-0.2, 0) is 9.53 Å². The minimum absolute atomic E-state index is 0.0744. The van der Waals surface area contributed by atoms with Crippen LogP contribution in [-0.4, -0.2) is 24.5 Å². The van der Waals surface area contributed by atoms with Gasteiger partial charge < -0.3 is 10.1 Å². The molecule has 1 aromatic carbocycles. The molecule has 92 valence electrons. The second-order valence-corrected chi connectivity index (χ2v) is 3.17. The van der Waals surface area contributed by atoms with Gasteiger partial charge in [-0.2, -0.15) is 0 Å². The van der Waals surface area contributed by atoms with Crippen molar-refractivity contribution in [3.63, 3.8) is 0 Å². The summed E-state index contributed by atoms with van der Waals surface area (Å²) in [5.74, 6) is -1.11. The van der Waals surface area contributed by atoms with E-state index in [0.29, 0.717) is 0 Å². The number of hydrogen-bond donors (Lipinski definition) is 1. The Bertz CT molecular complexity index is 436. The van der Waals surface area contributed by atoms with Crippen LogP contribution in [0.5, 0.6) is 0 Å². The highest BCUT2D eigenvalue weighted by atomic mass is 19.1. The Balaban J connectivity index is 2.70. The molecule has 0 aliphatic heterocycles. The predicted octanol–water partition coefficient (Wildman–Crippen LogP) is 1.71.